The number of carbonyl (C=O) groups is 2. The molecule has 0 aliphatic carbocycles. The van der Waals surface area contributed by atoms with Crippen molar-refractivity contribution >= 4 is 11.9 Å². The standard InChI is InChI=1S/C19H22N4O4/c1-3-11-27-16-5-4-8-20-17(16)18(24)22-9-6-14(7-10-22)23-13(2)15(12-21-23)19(25)26/h3-5,8,12,14H,1,6-7,9-11H2,2H3,(H,25,26). The van der Waals surface area contributed by atoms with Crippen molar-refractivity contribution in [2.75, 3.05) is 19.7 Å². The van der Waals surface area contributed by atoms with Gasteiger partial charge < -0.3 is 14.7 Å². The van der Waals surface area contributed by atoms with Crippen LogP contribution >= 0.6 is 0 Å². The van der Waals surface area contributed by atoms with E-state index in [-0.39, 0.29) is 17.5 Å². The van der Waals surface area contributed by atoms with Gasteiger partial charge in [0.1, 0.15) is 12.2 Å². The van der Waals surface area contributed by atoms with Gasteiger partial charge in [-0.3, -0.25) is 9.48 Å². The average molecular weight is 370 g/mol. The van der Waals surface area contributed by atoms with Crippen LogP contribution in [0, 0.1) is 6.92 Å². The summed E-state index contributed by atoms with van der Waals surface area (Å²) in [7, 11) is 0. The number of carboxylic acid groups (broad SMARTS) is 1. The quantitative estimate of drug-likeness (QED) is 0.784. The molecule has 8 heteroatoms. The van der Waals surface area contributed by atoms with Crippen molar-refractivity contribution in [2.45, 2.75) is 25.8 Å². The van der Waals surface area contributed by atoms with E-state index in [0.29, 0.717) is 49.7 Å². The smallest absolute Gasteiger partial charge is 0.339 e. The number of pyridine rings is 1. The molecule has 0 spiro atoms. The highest BCUT2D eigenvalue weighted by Crippen LogP contribution is 2.26. The number of hydrogen-bond donors (Lipinski definition) is 1. The Hall–Kier alpha value is -3.16. The molecule has 0 bridgehead atoms. The van der Waals surface area contributed by atoms with Crippen molar-refractivity contribution in [2.24, 2.45) is 0 Å². The molecule has 1 aliphatic heterocycles. The van der Waals surface area contributed by atoms with E-state index in [9.17, 15) is 14.7 Å². The summed E-state index contributed by atoms with van der Waals surface area (Å²) in [4.78, 5) is 30.0. The summed E-state index contributed by atoms with van der Waals surface area (Å²) in [5.41, 5.74) is 1.14. The van der Waals surface area contributed by atoms with Crippen molar-refractivity contribution in [3.63, 3.8) is 0 Å². The molecule has 1 saturated heterocycles. The number of nitrogens with zero attached hydrogens (tertiary/aromatic N) is 4. The summed E-state index contributed by atoms with van der Waals surface area (Å²) in [5.74, 6) is -0.705. The van der Waals surface area contributed by atoms with E-state index in [1.54, 1.807) is 40.9 Å². The number of aromatic carboxylic acids is 1. The molecule has 2 aromatic heterocycles. The highest BCUT2D eigenvalue weighted by atomic mass is 16.5. The fourth-order valence-electron chi connectivity index (χ4n) is 3.28. The Kier molecular flexibility index (Phi) is 5.54. The molecule has 27 heavy (non-hydrogen) atoms. The summed E-state index contributed by atoms with van der Waals surface area (Å²) in [6.07, 6.45) is 5.96. The van der Waals surface area contributed by atoms with Crippen LogP contribution in [0.1, 0.15) is 45.4 Å². The van der Waals surface area contributed by atoms with E-state index < -0.39 is 5.97 Å². The number of piperidine rings is 1. The van der Waals surface area contributed by atoms with Crippen molar-refractivity contribution in [3.8, 4) is 5.75 Å². The summed E-state index contributed by atoms with van der Waals surface area (Å²) in [6.45, 7) is 6.76. The zero-order valence-corrected chi connectivity index (χ0v) is 15.2. The van der Waals surface area contributed by atoms with Crippen LogP contribution in [-0.4, -0.2) is 56.3 Å². The molecule has 1 amide bonds. The van der Waals surface area contributed by atoms with Gasteiger partial charge in [0.15, 0.2) is 11.4 Å². The summed E-state index contributed by atoms with van der Waals surface area (Å²) in [5, 5.41) is 13.4. The first kappa shape index (κ1) is 18.6. The number of rotatable bonds is 6. The lowest BCUT2D eigenvalue weighted by atomic mass is 10.0. The van der Waals surface area contributed by atoms with Gasteiger partial charge in [-0.05, 0) is 31.9 Å². The Morgan fingerprint density at radius 3 is 2.78 bits per heavy atom. The lowest BCUT2D eigenvalue weighted by Crippen LogP contribution is -2.40. The van der Waals surface area contributed by atoms with Crippen LogP contribution in [0.3, 0.4) is 0 Å². The highest BCUT2D eigenvalue weighted by Gasteiger charge is 2.28. The Balaban J connectivity index is 1.68. The van der Waals surface area contributed by atoms with Gasteiger partial charge in [0.25, 0.3) is 5.91 Å². The topological polar surface area (TPSA) is 97.5 Å². The predicted octanol–water partition coefficient (Wildman–Crippen LogP) is 2.33. The number of aromatic nitrogens is 3. The number of amides is 1. The number of hydrogen-bond acceptors (Lipinski definition) is 5. The molecular formula is C19H22N4O4. The van der Waals surface area contributed by atoms with Crippen molar-refractivity contribution < 1.29 is 19.4 Å². The Morgan fingerprint density at radius 2 is 2.15 bits per heavy atom. The first-order chi connectivity index (χ1) is 13.0. The second kappa shape index (κ2) is 8.03. The van der Waals surface area contributed by atoms with E-state index in [0.717, 1.165) is 0 Å². The van der Waals surface area contributed by atoms with E-state index in [4.69, 9.17) is 4.74 Å². The molecule has 1 aliphatic rings. The lowest BCUT2D eigenvalue weighted by molar-refractivity contribution is 0.0678. The summed E-state index contributed by atoms with van der Waals surface area (Å²) < 4.78 is 7.29. The summed E-state index contributed by atoms with van der Waals surface area (Å²) >= 11 is 0. The highest BCUT2D eigenvalue weighted by molar-refractivity contribution is 5.95. The number of likely N-dealkylation sites (tertiary alicyclic amines) is 1. The molecule has 0 saturated carbocycles. The van der Waals surface area contributed by atoms with Crippen molar-refractivity contribution in [1.29, 1.82) is 0 Å². The van der Waals surface area contributed by atoms with Gasteiger partial charge in [0.05, 0.1) is 17.9 Å². The maximum absolute atomic E-state index is 12.8. The van der Waals surface area contributed by atoms with E-state index >= 15 is 0 Å². The van der Waals surface area contributed by atoms with Gasteiger partial charge in [0, 0.05) is 19.3 Å². The number of carbonyl (C=O) groups excluding carboxylic acids is 1. The molecular weight excluding hydrogens is 348 g/mol. The molecule has 0 atom stereocenters. The third kappa shape index (κ3) is 3.84. The Bertz CT molecular complexity index is 853. The van der Waals surface area contributed by atoms with Crippen LogP contribution < -0.4 is 4.74 Å². The molecule has 1 fully saturated rings. The second-order valence-corrected chi connectivity index (χ2v) is 6.37. The lowest BCUT2D eigenvalue weighted by Gasteiger charge is -2.32. The second-order valence-electron chi connectivity index (χ2n) is 6.37. The zero-order valence-electron chi connectivity index (χ0n) is 15.2. The molecule has 1 N–H and O–H groups in total. The van der Waals surface area contributed by atoms with Crippen molar-refractivity contribution in [1.82, 2.24) is 19.7 Å². The Labute approximate surface area is 157 Å². The first-order valence-electron chi connectivity index (χ1n) is 8.78. The van der Waals surface area contributed by atoms with Gasteiger partial charge in [-0.2, -0.15) is 5.10 Å². The monoisotopic (exact) mass is 370 g/mol. The van der Waals surface area contributed by atoms with Crippen LogP contribution in [0.15, 0.2) is 37.2 Å². The molecule has 3 heterocycles. The molecule has 8 nitrogen and oxygen atoms in total. The third-order valence-electron chi connectivity index (χ3n) is 4.70. The van der Waals surface area contributed by atoms with E-state index in [1.165, 1.54) is 6.20 Å². The minimum atomic E-state index is -0.978. The van der Waals surface area contributed by atoms with Gasteiger partial charge in [0.2, 0.25) is 0 Å². The maximum atomic E-state index is 12.8. The Morgan fingerprint density at radius 1 is 1.41 bits per heavy atom. The molecule has 0 aromatic carbocycles. The number of carboxylic acids is 1. The van der Waals surface area contributed by atoms with Gasteiger partial charge >= 0.3 is 5.97 Å². The van der Waals surface area contributed by atoms with Gasteiger partial charge in [-0.15, -0.1) is 0 Å². The summed E-state index contributed by atoms with van der Waals surface area (Å²) in [6, 6.07) is 3.52. The van der Waals surface area contributed by atoms with Crippen LogP contribution in [0.4, 0.5) is 0 Å². The minimum absolute atomic E-state index is 0.0716. The van der Waals surface area contributed by atoms with Gasteiger partial charge in [-0.25, -0.2) is 9.78 Å². The normalized spacial score (nSPS) is 14.8. The molecule has 3 rings (SSSR count). The maximum Gasteiger partial charge on any atom is 0.339 e. The SMILES string of the molecule is C=CCOc1cccnc1C(=O)N1CCC(n2ncc(C(=O)O)c2C)CC1. The van der Waals surface area contributed by atoms with Crippen LogP contribution in [0.2, 0.25) is 0 Å². The predicted molar refractivity (Wildman–Crippen MR) is 98.0 cm³/mol. The van der Waals surface area contributed by atoms with Crippen molar-refractivity contribution in [3.05, 3.63) is 54.1 Å². The first-order valence-corrected chi connectivity index (χ1v) is 8.78. The van der Waals surface area contributed by atoms with Gasteiger partial charge in [-0.1, -0.05) is 12.7 Å². The zero-order chi connectivity index (χ0) is 19.4. The number of ether oxygens (including phenoxy) is 1. The average Bonchev–Trinajstić information content (AvgIpc) is 3.08. The molecule has 0 radical (unpaired) electrons. The van der Waals surface area contributed by atoms with Crippen LogP contribution in [-0.2, 0) is 0 Å². The third-order valence-corrected chi connectivity index (χ3v) is 4.70. The van der Waals surface area contributed by atoms with E-state index in [2.05, 4.69) is 16.7 Å². The molecule has 2 aromatic rings. The molecule has 142 valence electrons. The fourth-order valence-corrected chi connectivity index (χ4v) is 3.28. The van der Waals surface area contributed by atoms with E-state index in [1.807, 2.05) is 0 Å². The largest absolute Gasteiger partial charge is 0.487 e. The molecule has 0 unspecified atom stereocenters. The van der Waals surface area contributed by atoms with Crippen LogP contribution in [0.5, 0.6) is 5.75 Å². The van der Waals surface area contributed by atoms with Crippen LogP contribution in [0.25, 0.3) is 0 Å². The minimum Gasteiger partial charge on any atom is -0.487 e. The fraction of sp³-hybridized carbons (Fsp3) is 0.368.